The van der Waals surface area contributed by atoms with E-state index in [4.69, 9.17) is 70.2 Å². The maximum absolute atomic E-state index is 10.5. The third-order valence-corrected chi connectivity index (χ3v) is 3.45. The summed E-state index contributed by atoms with van der Waals surface area (Å²) in [5.74, 6) is 0. The monoisotopic (exact) mass is 393 g/mol. The molecule has 20 heavy (non-hydrogen) atoms. The normalized spacial score (nSPS) is 12.4. The Labute approximate surface area is 146 Å². The Bertz CT molecular complexity index is 508. The van der Waals surface area contributed by atoms with Crippen molar-refractivity contribution in [3.8, 4) is 0 Å². The van der Waals surface area contributed by atoms with Gasteiger partial charge in [-0.2, -0.15) is 0 Å². The van der Waals surface area contributed by atoms with Gasteiger partial charge in [-0.05, 0) is 30.4 Å². The minimum absolute atomic E-state index is 0.0971. The zero-order valence-electron chi connectivity index (χ0n) is 9.59. The highest BCUT2D eigenvalue weighted by molar-refractivity contribution is 7.80. The molecule has 0 aliphatic rings. The summed E-state index contributed by atoms with van der Waals surface area (Å²) in [6.45, 7) is 0. The van der Waals surface area contributed by atoms with Crippen LogP contribution in [0, 0.1) is 0 Å². The highest BCUT2D eigenvalue weighted by Gasteiger charge is 2.33. The topological polar surface area (TPSA) is 53.2 Å². The molecule has 1 atom stereocenters. The van der Waals surface area contributed by atoms with Crippen molar-refractivity contribution in [2.75, 3.05) is 5.32 Å². The lowest BCUT2D eigenvalue weighted by atomic mass is 10.3. The standard InChI is InChI=1S/C10H8Cl5N3OS/c11-5-1-2-6(12)7(3-5)17-9(20)18-8(16-4-19)10(13,14)15/h1-4,8H,(H,16,19)(H2,17,18,20)/t8-/m0/s1. The van der Waals surface area contributed by atoms with E-state index in [9.17, 15) is 4.79 Å². The number of hydrogen-bond acceptors (Lipinski definition) is 2. The first-order valence-corrected chi connectivity index (χ1v) is 7.33. The molecule has 1 amide bonds. The predicted molar refractivity (Wildman–Crippen MR) is 89.1 cm³/mol. The number of anilines is 1. The molecule has 0 bridgehead atoms. The van der Waals surface area contributed by atoms with Crippen LogP contribution in [-0.2, 0) is 4.79 Å². The average Bonchev–Trinajstić information content (AvgIpc) is 2.32. The minimum Gasteiger partial charge on any atom is -0.339 e. The number of carbonyl (C=O) groups is 1. The van der Waals surface area contributed by atoms with Gasteiger partial charge in [0.15, 0.2) is 5.11 Å². The van der Waals surface area contributed by atoms with Crippen LogP contribution in [0.5, 0.6) is 0 Å². The highest BCUT2D eigenvalue weighted by atomic mass is 35.6. The number of thiocarbonyl (C=S) groups is 1. The number of hydrogen-bond donors (Lipinski definition) is 3. The molecule has 0 saturated carbocycles. The van der Waals surface area contributed by atoms with E-state index in [0.29, 0.717) is 22.1 Å². The average molecular weight is 396 g/mol. The molecule has 110 valence electrons. The number of alkyl halides is 3. The maximum atomic E-state index is 10.5. The summed E-state index contributed by atoms with van der Waals surface area (Å²) in [5.41, 5.74) is 0.478. The van der Waals surface area contributed by atoms with Crippen LogP contribution < -0.4 is 16.0 Å². The summed E-state index contributed by atoms with van der Waals surface area (Å²) < 4.78 is -1.79. The molecule has 10 heteroatoms. The zero-order chi connectivity index (χ0) is 15.3. The van der Waals surface area contributed by atoms with Crippen molar-refractivity contribution < 1.29 is 4.79 Å². The molecule has 1 aromatic carbocycles. The number of benzene rings is 1. The number of carbonyl (C=O) groups excluding carboxylic acids is 1. The van der Waals surface area contributed by atoms with Crippen LogP contribution in [0.25, 0.3) is 0 Å². The van der Waals surface area contributed by atoms with E-state index in [1.165, 1.54) is 0 Å². The molecule has 0 fully saturated rings. The molecule has 0 aliphatic carbocycles. The Morgan fingerprint density at radius 1 is 1.30 bits per heavy atom. The molecule has 0 heterocycles. The SMILES string of the molecule is O=CN[C@@H](NC(=S)Nc1cc(Cl)ccc1Cl)C(Cl)(Cl)Cl. The van der Waals surface area contributed by atoms with Gasteiger partial charge in [0, 0.05) is 5.02 Å². The van der Waals surface area contributed by atoms with Gasteiger partial charge in [-0.1, -0.05) is 58.0 Å². The molecule has 0 aromatic heterocycles. The number of amides is 1. The molecule has 4 nitrogen and oxygen atoms in total. The van der Waals surface area contributed by atoms with Crippen molar-refractivity contribution in [3.05, 3.63) is 28.2 Å². The fraction of sp³-hybridized carbons (Fsp3) is 0.200. The summed E-state index contributed by atoms with van der Waals surface area (Å²) in [6, 6.07) is 4.81. The summed E-state index contributed by atoms with van der Waals surface area (Å²) >= 11 is 33.9. The molecular formula is C10H8Cl5N3OS. The Morgan fingerprint density at radius 2 is 1.95 bits per heavy atom. The van der Waals surface area contributed by atoms with Gasteiger partial charge in [0.05, 0.1) is 10.7 Å². The molecule has 0 aliphatic heterocycles. The van der Waals surface area contributed by atoms with E-state index in [2.05, 4.69) is 16.0 Å². The van der Waals surface area contributed by atoms with E-state index >= 15 is 0 Å². The Balaban J connectivity index is 2.75. The quantitative estimate of drug-likeness (QED) is 0.315. The van der Waals surface area contributed by atoms with Gasteiger partial charge in [0.1, 0.15) is 6.17 Å². The molecule has 1 rings (SSSR count). The Kier molecular flexibility index (Phi) is 6.91. The van der Waals surface area contributed by atoms with Crippen LogP contribution in [0.2, 0.25) is 10.0 Å². The van der Waals surface area contributed by atoms with Gasteiger partial charge in [0.25, 0.3) is 0 Å². The van der Waals surface area contributed by atoms with Crippen molar-refractivity contribution in [2.45, 2.75) is 9.96 Å². The Hall–Kier alpha value is -0.170. The molecule has 1 aromatic rings. The fourth-order valence-electron chi connectivity index (χ4n) is 1.17. The molecular weight excluding hydrogens is 387 g/mol. The van der Waals surface area contributed by atoms with Crippen molar-refractivity contribution in [1.82, 2.24) is 10.6 Å². The second-order valence-corrected chi connectivity index (χ2v) is 7.10. The van der Waals surface area contributed by atoms with E-state index in [-0.39, 0.29) is 5.11 Å². The van der Waals surface area contributed by atoms with E-state index in [1.54, 1.807) is 18.2 Å². The first-order chi connectivity index (χ1) is 9.24. The maximum Gasteiger partial charge on any atom is 0.228 e. The molecule has 0 radical (unpaired) electrons. The summed E-state index contributed by atoms with van der Waals surface area (Å²) in [7, 11) is 0. The van der Waals surface area contributed by atoms with Crippen molar-refractivity contribution >= 4 is 87.4 Å². The molecule has 0 spiro atoms. The first-order valence-electron chi connectivity index (χ1n) is 5.03. The molecule has 0 unspecified atom stereocenters. The lowest BCUT2D eigenvalue weighted by Gasteiger charge is -2.26. The third-order valence-electron chi connectivity index (χ3n) is 2.01. The fourth-order valence-corrected chi connectivity index (χ4v) is 2.09. The van der Waals surface area contributed by atoms with Gasteiger partial charge >= 0.3 is 0 Å². The number of nitrogens with one attached hydrogen (secondary N) is 3. The first kappa shape index (κ1) is 17.9. The minimum atomic E-state index is -1.79. The van der Waals surface area contributed by atoms with Crippen LogP contribution in [-0.4, -0.2) is 21.5 Å². The van der Waals surface area contributed by atoms with Gasteiger partial charge in [-0.3, -0.25) is 4.79 Å². The van der Waals surface area contributed by atoms with Gasteiger partial charge in [-0.25, -0.2) is 0 Å². The van der Waals surface area contributed by atoms with E-state index < -0.39 is 9.96 Å². The molecule has 3 N–H and O–H groups in total. The van der Waals surface area contributed by atoms with E-state index in [1.807, 2.05) is 0 Å². The van der Waals surface area contributed by atoms with Gasteiger partial charge < -0.3 is 16.0 Å². The van der Waals surface area contributed by atoms with Crippen LogP contribution in [0.4, 0.5) is 5.69 Å². The second kappa shape index (κ2) is 7.73. The summed E-state index contributed by atoms with van der Waals surface area (Å²) in [5, 5.41) is 8.69. The van der Waals surface area contributed by atoms with Crippen LogP contribution in [0.15, 0.2) is 18.2 Å². The van der Waals surface area contributed by atoms with Crippen LogP contribution in [0.1, 0.15) is 0 Å². The number of halogens is 5. The second-order valence-electron chi connectivity index (χ2n) is 3.48. The van der Waals surface area contributed by atoms with Crippen LogP contribution >= 0.6 is 70.2 Å². The Morgan fingerprint density at radius 3 is 2.50 bits per heavy atom. The van der Waals surface area contributed by atoms with E-state index in [0.717, 1.165) is 0 Å². The van der Waals surface area contributed by atoms with Crippen molar-refractivity contribution in [1.29, 1.82) is 0 Å². The van der Waals surface area contributed by atoms with Gasteiger partial charge in [0.2, 0.25) is 10.2 Å². The van der Waals surface area contributed by atoms with Crippen molar-refractivity contribution in [2.24, 2.45) is 0 Å². The molecule has 0 saturated heterocycles. The summed E-state index contributed by atoms with van der Waals surface area (Å²) in [4.78, 5) is 10.5. The lowest BCUT2D eigenvalue weighted by Crippen LogP contribution is -2.53. The smallest absolute Gasteiger partial charge is 0.228 e. The lowest BCUT2D eigenvalue weighted by molar-refractivity contribution is -0.110. The van der Waals surface area contributed by atoms with Gasteiger partial charge in [-0.15, -0.1) is 0 Å². The van der Waals surface area contributed by atoms with Crippen molar-refractivity contribution in [3.63, 3.8) is 0 Å². The predicted octanol–water partition coefficient (Wildman–Crippen LogP) is 3.72. The largest absolute Gasteiger partial charge is 0.339 e. The number of rotatable bonds is 4. The summed E-state index contributed by atoms with van der Waals surface area (Å²) in [6.07, 6.45) is -0.628. The third kappa shape index (κ3) is 5.68. The highest BCUT2D eigenvalue weighted by Crippen LogP contribution is 2.29. The zero-order valence-corrected chi connectivity index (χ0v) is 14.2. The van der Waals surface area contributed by atoms with Crippen LogP contribution in [0.3, 0.4) is 0 Å².